The predicted molar refractivity (Wildman–Crippen MR) is 101 cm³/mol. The van der Waals surface area contributed by atoms with E-state index in [0.717, 1.165) is 23.8 Å². The Labute approximate surface area is 147 Å². The van der Waals surface area contributed by atoms with Gasteiger partial charge in [-0.2, -0.15) is 0 Å². The van der Waals surface area contributed by atoms with Crippen LogP contribution >= 0.6 is 21.0 Å². The van der Waals surface area contributed by atoms with Crippen molar-refractivity contribution in [2.45, 2.75) is 61.3 Å². The van der Waals surface area contributed by atoms with Crippen molar-refractivity contribution in [1.82, 2.24) is 15.0 Å². The van der Waals surface area contributed by atoms with Gasteiger partial charge >= 0.3 is 0 Å². The number of H-pyrrole nitrogens is 1. The minimum absolute atomic E-state index is 0.389. The number of rotatable bonds is 5. The van der Waals surface area contributed by atoms with Gasteiger partial charge in [-0.25, -0.2) is 9.97 Å². The van der Waals surface area contributed by atoms with Crippen LogP contribution in [0.4, 0.5) is 5.82 Å². The molecule has 0 aliphatic heterocycles. The molecule has 6 heteroatoms. The molecule has 0 spiro atoms. The summed E-state index contributed by atoms with van der Waals surface area (Å²) < 4.78 is 8.42. The van der Waals surface area contributed by atoms with E-state index in [9.17, 15) is 0 Å². The van der Waals surface area contributed by atoms with Gasteiger partial charge in [0.25, 0.3) is 0 Å². The smallest absolute Gasteiger partial charge is 0.143 e. The topological polar surface area (TPSA) is 77.5 Å². The Balaban J connectivity index is 1.63. The van der Waals surface area contributed by atoms with Crippen LogP contribution < -0.4 is 5.32 Å². The summed E-state index contributed by atoms with van der Waals surface area (Å²) in [6.07, 6.45) is 11.3. The van der Waals surface area contributed by atoms with Gasteiger partial charge in [0.1, 0.15) is 17.8 Å². The molecule has 3 N–H and O–H groups in total. The van der Waals surface area contributed by atoms with Crippen LogP contribution in [0.25, 0.3) is 11.0 Å². The molecule has 2 fully saturated rings. The first-order valence-corrected chi connectivity index (χ1v) is 11.0. The van der Waals surface area contributed by atoms with Crippen LogP contribution in [0.3, 0.4) is 0 Å². The Hall–Kier alpha value is -1.05. The van der Waals surface area contributed by atoms with Gasteiger partial charge in [-0.15, -0.1) is 0 Å². The Morgan fingerprint density at radius 3 is 2.96 bits per heavy atom. The molecule has 5 nitrogen and oxygen atoms in total. The van der Waals surface area contributed by atoms with E-state index in [1.54, 1.807) is 6.33 Å². The van der Waals surface area contributed by atoms with Gasteiger partial charge < -0.3 is 10.3 Å². The largest absolute Gasteiger partial charge is 0.367 e. The van der Waals surface area contributed by atoms with Crippen molar-refractivity contribution in [2.75, 3.05) is 5.32 Å². The molecule has 0 saturated heterocycles. The second-order valence-corrected chi connectivity index (χ2v) is 9.41. The van der Waals surface area contributed by atoms with Crippen molar-refractivity contribution in [3.8, 4) is 0 Å². The third-order valence-corrected chi connectivity index (χ3v) is 7.44. The van der Waals surface area contributed by atoms with Gasteiger partial charge in [0.05, 0.1) is 5.39 Å². The first-order chi connectivity index (χ1) is 11.3. The SMILES string of the molecule is CC(c1c[nH]c2ncnc(N[C@@H]3CCCC(I=N)C3)c12)C1CC1. The maximum absolute atomic E-state index is 7.77. The number of anilines is 1. The lowest BCUT2D eigenvalue weighted by atomic mass is 9.94. The summed E-state index contributed by atoms with van der Waals surface area (Å²) in [6, 6.07) is 0.468. The second kappa shape index (κ2) is 6.45. The molecule has 3 atom stereocenters. The fourth-order valence-electron chi connectivity index (χ4n) is 3.86. The summed E-state index contributed by atoms with van der Waals surface area (Å²) in [5.41, 5.74) is 2.32. The fraction of sp³-hybridized carbons (Fsp3) is 0.647. The molecule has 2 aliphatic rings. The van der Waals surface area contributed by atoms with Crippen LogP contribution in [0, 0.1) is 9.48 Å². The predicted octanol–water partition coefficient (Wildman–Crippen LogP) is 4.93. The number of halogens is 1. The molecule has 4 rings (SSSR count). The zero-order chi connectivity index (χ0) is 15.8. The molecule has 2 aromatic rings. The lowest BCUT2D eigenvalue weighted by molar-refractivity contribution is 0.482. The van der Waals surface area contributed by atoms with Crippen LogP contribution in [-0.2, 0) is 0 Å². The summed E-state index contributed by atoms with van der Waals surface area (Å²) in [7, 11) is 0. The zero-order valence-corrected chi connectivity index (χ0v) is 15.6. The highest BCUT2D eigenvalue weighted by Gasteiger charge is 2.31. The van der Waals surface area contributed by atoms with Gasteiger partial charge in [-0.3, -0.25) is 3.56 Å². The molecule has 2 aliphatic carbocycles. The van der Waals surface area contributed by atoms with Crippen LogP contribution in [-0.4, -0.2) is 24.9 Å². The van der Waals surface area contributed by atoms with Crippen molar-refractivity contribution in [3.63, 3.8) is 0 Å². The highest BCUT2D eigenvalue weighted by Crippen LogP contribution is 2.45. The molecule has 2 saturated carbocycles. The number of aromatic amines is 1. The van der Waals surface area contributed by atoms with E-state index < -0.39 is 0 Å². The summed E-state index contributed by atoms with van der Waals surface area (Å²) in [5.74, 6) is 2.40. The Morgan fingerprint density at radius 2 is 2.17 bits per heavy atom. The number of fused-ring (bicyclic) bond motifs is 1. The minimum atomic E-state index is -0.389. The molecule has 124 valence electrons. The molecule has 0 bridgehead atoms. The number of nitrogens with zero attached hydrogens (tertiary/aromatic N) is 2. The van der Waals surface area contributed by atoms with E-state index >= 15 is 0 Å². The molecular weight excluding hydrogens is 401 g/mol. The Morgan fingerprint density at radius 1 is 1.30 bits per heavy atom. The number of hydrogen-bond acceptors (Lipinski definition) is 4. The first kappa shape index (κ1) is 15.5. The summed E-state index contributed by atoms with van der Waals surface area (Å²) in [5, 5.41) is 4.88. The van der Waals surface area contributed by atoms with Gasteiger partial charge in [-0.1, -0.05) is 13.3 Å². The van der Waals surface area contributed by atoms with Crippen LogP contribution in [0.2, 0.25) is 0 Å². The van der Waals surface area contributed by atoms with E-state index in [1.165, 1.54) is 43.1 Å². The average molecular weight is 425 g/mol. The van der Waals surface area contributed by atoms with Gasteiger partial charge in [0, 0.05) is 16.2 Å². The van der Waals surface area contributed by atoms with Crippen molar-refractivity contribution in [3.05, 3.63) is 18.1 Å². The standard InChI is InChI=1S/C17H24IN5/c1-10(11-5-6-11)14-8-20-16-15(14)17(22-9-21-16)23-13-4-2-3-12(7-13)18-19/h8-13,19H,2-7H2,1H3,(H2,20,21,22,23)/t10?,12?,13-/m1/s1. The number of hydrogen-bond donors (Lipinski definition) is 3. The summed E-state index contributed by atoms with van der Waals surface area (Å²) >= 11 is -0.389. The quantitative estimate of drug-likeness (QED) is 0.470. The number of aromatic nitrogens is 3. The second-order valence-electron chi connectivity index (χ2n) is 7.03. The molecule has 0 aromatic carbocycles. The molecule has 2 aromatic heterocycles. The molecule has 0 amide bonds. The van der Waals surface area contributed by atoms with Crippen molar-refractivity contribution in [2.24, 2.45) is 5.92 Å². The van der Waals surface area contributed by atoms with Crippen molar-refractivity contribution >= 4 is 37.9 Å². The molecule has 2 unspecified atom stereocenters. The number of nitrogens with one attached hydrogen (secondary N) is 3. The monoisotopic (exact) mass is 425 g/mol. The van der Waals surface area contributed by atoms with Gasteiger partial charge in [0.2, 0.25) is 0 Å². The van der Waals surface area contributed by atoms with E-state index in [1.807, 2.05) is 0 Å². The Bertz CT molecular complexity index is 708. The van der Waals surface area contributed by atoms with Crippen molar-refractivity contribution < 1.29 is 0 Å². The lowest BCUT2D eigenvalue weighted by Gasteiger charge is -2.27. The molecule has 2 heterocycles. The van der Waals surface area contributed by atoms with Gasteiger partial charge in [0.15, 0.2) is 0 Å². The normalized spacial score (nSPS) is 26.3. The third-order valence-electron chi connectivity index (χ3n) is 5.43. The van der Waals surface area contributed by atoms with E-state index in [2.05, 4.69) is 33.4 Å². The average Bonchev–Trinajstić information content (AvgIpc) is 3.34. The fourth-order valence-corrected chi connectivity index (χ4v) is 5.48. The van der Waals surface area contributed by atoms with E-state index in [4.69, 9.17) is 3.56 Å². The lowest BCUT2D eigenvalue weighted by Crippen LogP contribution is -2.28. The highest BCUT2D eigenvalue weighted by molar-refractivity contribution is 14.1. The summed E-state index contributed by atoms with van der Waals surface area (Å²) in [4.78, 5) is 12.3. The van der Waals surface area contributed by atoms with Crippen molar-refractivity contribution in [1.29, 1.82) is 3.56 Å². The summed E-state index contributed by atoms with van der Waals surface area (Å²) in [6.45, 7) is 2.33. The number of alkyl halides is 1. The third kappa shape index (κ3) is 3.14. The Kier molecular flexibility index (Phi) is 4.34. The molecular formula is C17H24IN5. The minimum Gasteiger partial charge on any atom is -0.367 e. The maximum Gasteiger partial charge on any atom is 0.143 e. The van der Waals surface area contributed by atoms with Crippen LogP contribution in [0.1, 0.15) is 56.9 Å². The highest BCUT2D eigenvalue weighted by atomic mass is 127. The van der Waals surface area contributed by atoms with Gasteiger partial charge in [-0.05, 0) is 70.5 Å². The van der Waals surface area contributed by atoms with E-state index in [-0.39, 0.29) is 21.0 Å². The van der Waals surface area contributed by atoms with E-state index in [0.29, 0.717) is 15.9 Å². The molecule has 23 heavy (non-hydrogen) atoms. The maximum atomic E-state index is 7.77. The van der Waals surface area contributed by atoms with Crippen LogP contribution in [0.15, 0.2) is 12.5 Å². The zero-order valence-electron chi connectivity index (χ0n) is 13.5. The first-order valence-electron chi connectivity index (χ1n) is 8.64. The molecule has 0 radical (unpaired) electrons. The van der Waals surface area contributed by atoms with Crippen LogP contribution in [0.5, 0.6) is 0 Å².